The molecule has 0 N–H and O–H groups in total. The van der Waals surface area contributed by atoms with Gasteiger partial charge in [-0.2, -0.15) is 5.26 Å². The lowest BCUT2D eigenvalue weighted by Crippen LogP contribution is -2.20. The molecule has 0 aliphatic heterocycles. The third kappa shape index (κ3) is 2.92. The van der Waals surface area contributed by atoms with Gasteiger partial charge in [-0.25, -0.2) is 4.98 Å². The monoisotopic (exact) mass is 275 g/mol. The fraction of sp³-hybridized carbons (Fsp3) is 0.154. The van der Waals surface area contributed by atoms with Crippen LogP contribution in [0, 0.1) is 11.3 Å². The molecule has 5 nitrogen and oxygen atoms in total. The van der Waals surface area contributed by atoms with Crippen LogP contribution in [0.3, 0.4) is 0 Å². The second kappa shape index (κ2) is 5.55. The average Bonchev–Trinajstić information content (AvgIpc) is 2.41. The molecule has 0 fully saturated rings. The summed E-state index contributed by atoms with van der Waals surface area (Å²) >= 11 is 5.63. The molecule has 0 aliphatic rings. The number of hydrogen-bond acceptors (Lipinski definition) is 4. The van der Waals surface area contributed by atoms with E-state index in [0.717, 1.165) is 5.56 Å². The van der Waals surface area contributed by atoms with E-state index in [-0.39, 0.29) is 17.3 Å². The van der Waals surface area contributed by atoms with Crippen molar-refractivity contribution in [2.75, 3.05) is 7.11 Å². The van der Waals surface area contributed by atoms with Gasteiger partial charge in [0.2, 0.25) is 0 Å². The lowest BCUT2D eigenvalue weighted by atomic mass is 10.1. The summed E-state index contributed by atoms with van der Waals surface area (Å²) in [5.41, 5.74) is 0.975. The summed E-state index contributed by atoms with van der Waals surface area (Å²) < 4.78 is 6.60. The molecule has 0 unspecified atom stereocenters. The Balaban J connectivity index is 2.42. The van der Waals surface area contributed by atoms with Crippen LogP contribution in [-0.2, 0) is 6.54 Å². The Labute approximate surface area is 114 Å². The van der Waals surface area contributed by atoms with Crippen molar-refractivity contribution in [2.24, 2.45) is 0 Å². The van der Waals surface area contributed by atoms with Gasteiger partial charge >= 0.3 is 0 Å². The third-order valence-corrected chi connectivity index (χ3v) is 2.80. The van der Waals surface area contributed by atoms with Crippen LogP contribution in [0.15, 0.2) is 35.4 Å². The highest BCUT2D eigenvalue weighted by molar-refractivity contribution is 6.29. The van der Waals surface area contributed by atoms with E-state index < -0.39 is 0 Å². The number of halogens is 1. The first-order chi connectivity index (χ1) is 9.13. The summed E-state index contributed by atoms with van der Waals surface area (Å²) in [6, 6.07) is 8.32. The summed E-state index contributed by atoms with van der Waals surface area (Å²) in [4.78, 5) is 15.6. The minimum absolute atomic E-state index is 0.152. The molecular formula is C13H10ClN3O2. The minimum atomic E-state index is -0.260. The zero-order chi connectivity index (χ0) is 13.8. The second-order valence-corrected chi connectivity index (χ2v) is 4.20. The summed E-state index contributed by atoms with van der Waals surface area (Å²) in [5, 5.41) is 9.05. The van der Waals surface area contributed by atoms with Gasteiger partial charge in [0, 0.05) is 11.6 Å². The molecule has 1 aromatic heterocycles. The van der Waals surface area contributed by atoms with Crippen LogP contribution in [0.2, 0.25) is 5.15 Å². The molecule has 96 valence electrons. The molecular weight excluding hydrogens is 266 g/mol. The van der Waals surface area contributed by atoms with Crippen molar-refractivity contribution in [3.05, 3.63) is 57.2 Å². The number of nitrogens with zero attached hydrogens (tertiary/aromatic N) is 3. The van der Waals surface area contributed by atoms with Crippen molar-refractivity contribution in [1.82, 2.24) is 9.55 Å². The molecule has 0 aliphatic carbocycles. The molecule has 0 amide bonds. The van der Waals surface area contributed by atoms with E-state index in [0.29, 0.717) is 11.3 Å². The SMILES string of the molecule is COc1ccc(C#N)cc1Cn1cnc(Cl)cc1=O. The van der Waals surface area contributed by atoms with Gasteiger partial charge in [-0.15, -0.1) is 0 Å². The van der Waals surface area contributed by atoms with E-state index >= 15 is 0 Å². The number of aromatic nitrogens is 2. The number of nitriles is 1. The Kier molecular flexibility index (Phi) is 3.83. The van der Waals surface area contributed by atoms with Gasteiger partial charge in [-0.1, -0.05) is 11.6 Å². The molecule has 0 spiro atoms. The first-order valence-electron chi connectivity index (χ1n) is 5.43. The van der Waals surface area contributed by atoms with E-state index in [2.05, 4.69) is 4.98 Å². The molecule has 1 heterocycles. The minimum Gasteiger partial charge on any atom is -0.496 e. The zero-order valence-electron chi connectivity index (χ0n) is 10.1. The van der Waals surface area contributed by atoms with Crippen LogP contribution in [0.4, 0.5) is 0 Å². The quantitative estimate of drug-likeness (QED) is 0.802. The first kappa shape index (κ1) is 13.1. The lowest BCUT2D eigenvalue weighted by Gasteiger charge is -2.10. The van der Waals surface area contributed by atoms with Crippen molar-refractivity contribution in [3.8, 4) is 11.8 Å². The second-order valence-electron chi connectivity index (χ2n) is 3.82. The Hall–Kier alpha value is -2.32. The predicted octanol–water partition coefficient (Wildman–Crippen LogP) is 1.83. The topological polar surface area (TPSA) is 67.9 Å². The lowest BCUT2D eigenvalue weighted by molar-refractivity contribution is 0.408. The number of ether oxygens (including phenoxy) is 1. The molecule has 0 radical (unpaired) electrons. The first-order valence-corrected chi connectivity index (χ1v) is 5.81. The maximum absolute atomic E-state index is 11.7. The molecule has 0 saturated heterocycles. The van der Waals surface area contributed by atoms with Crippen LogP contribution in [0.1, 0.15) is 11.1 Å². The van der Waals surface area contributed by atoms with Gasteiger partial charge in [0.1, 0.15) is 10.9 Å². The molecule has 1 aromatic carbocycles. The fourth-order valence-electron chi connectivity index (χ4n) is 1.68. The van der Waals surface area contributed by atoms with Crippen molar-refractivity contribution in [2.45, 2.75) is 6.54 Å². The van der Waals surface area contributed by atoms with Gasteiger partial charge in [0.05, 0.1) is 31.6 Å². The number of benzene rings is 1. The van der Waals surface area contributed by atoms with E-state index in [9.17, 15) is 4.79 Å². The van der Waals surface area contributed by atoms with E-state index in [1.807, 2.05) is 6.07 Å². The van der Waals surface area contributed by atoms with Crippen molar-refractivity contribution in [1.29, 1.82) is 5.26 Å². The van der Waals surface area contributed by atoms with Crippen LogP contribution in [0.5, 0.6) is 5.75 Å². The highest BCUT2D eigenvalue weighted by Gasteiger charge is 2.07. The summed E-state index contributed by atoms with van der Waals surface area (Å²) in [7, 11) is 1.54. The number of methoxy groups -OCH3 is 1. The molecule has 2 aromatic rings. The smallest absolute Gasteiger partial charge is 0.255 e. The third-order valence-electron chi connectivity index (χ3n) is 2.60. The van der Waals surface area contributed by atoms with Crippen LogP contribution in [0.25, 0.3) is 0 Å². The van der Waals surface area contributed by atoms with Crippen LogP contribution in [-0.4, -0.2) is 16.7 Å². The van der Waals surface area contributed by atoms with Crippen molar-refractivity contribution < 1.29 is 4.74 Å². The molecule has 0 saturated carbocycles. The van der Waals surface area contributed by atoms with E-state index in [1.54, 1.807) is 18.2 Å². The maximum Gasteiger partial charge on any atom is 0.255 e. The summed E-state index contributed by atoms with van der Waals surface area (Å²) in [6.45, 7) is 0.266. The Bertz CT molecular complexity index is 704. The highest BCUT2D eigenvalue weighted by Crippen LogP contribution is 2.20. The van der Waals surface area contributed by atoms with Crippen LogP contribution >= 0.6 is 11.6 Å². The summed E-state index contributed by atoms with van der Waals surface area (Å²) in [5.74, 6) is 0.612. The van der Waals surface area contributed by atoms with Crippen molar-refractivity contribution >= 4 is 11.6 Å². The van der Waals surface area contributed by atoms with Gasteiger partial charge in [0.25, 0.3) is 5.56 Å². The Morgan fingerprint density at radius 1 is 1.47 bits per heavy atom. The number of rotatable bonds is 3. The summed E-state index contributed by atoms with van der Waals surface area (Å²) in [6.07, 6.45) is 1.36. The van der Waals surface area contributed by atoms with Crippen molar-refractivity contribution in [3.63, 3.8) is 0 Å². The Morgan fingerprint density at radius 3 is 2.89 bits per heavy atom. The predicted molar refractivity (Wildman–Crippen MR) is 70.3 cm³/mol. The normalized spacial score (nSPS) is 9.95. The van der Waals surface area contributed by atoms with E-state index in [1.165, 1.54) is 24.1 Å². The van der Waals surface area contributed by atoms with E-state index in [4.69, 9.17) is 21.6 Å². The van der Waals surface area contributed by atoms with Crippen LogP contribution < -0.4 is 10.3 Å². The maximum atomic E-state index is 11.7. The van der Waals surface area contributed by atoms with Gasteiger partial charge < -0.3 is 4.74 Å². The number of hydrogen-bond donors (Lipinski definition) is 0. The molecule has 6 heteroatoms. The largest absolute Gasteiger partial charge is 0.496 e. The molecule has 0 atom stereocenters. The molecule has 19 heavy (non-hydrogen) atoms. The molecule has 2 rings (SSSR count). The van der Waals surface area contributed by atoms with Gasteiger partial charge in [-0.3, -0.25) is 9.36 Å². The standard InChI is InChI=1S/C13H10ClN3O2/c1-19-11-3-2-9(6-15)4-10(11)7-17-8-16-12(14)5-13(17)18/h2-5,8H,7H2,1H3. The zero-order valence-corrected chi connectivity index (χ0v) is 10.9. The fourth-order valence-corrected chi connectivity index (χ4v) is 1.81. The highest BCUT2D eigenvalue weighted by atomic mass is 35.5. The van der Waals surface area contributed by atoms with Gasteiger partial charge in [0.15, 0.2) is 0 Å². The average molecular weight is 276 g/mol. The Morgan fingerprint density at radius 2 is 2.26 bits per heavy atom. The molecule has 0 bridgehead atoms. The van der Waals surface area contributed by atoms with Gasteiger partial charge in [-0.05, 0) is 18.2 Å².